The van der Waals surface area contributed by atoms with E-state index < -0.39 is 5.41 Å². The van der Waals surface area contributed by atoms with Gasteiger partial charge in [0.15, 0.2) is 0 Å². The topological polar surface area (TPSA) is 21.7 Å². The summed E-state index contributed by atoms with van der Waals surface area (Å²) >= 11 is 0. The van der Waals surface area contributed by atoms with E-state index in [1.807, 2.05) is 0 Å². The molecule has 3 nitrogen and oxygen atoms in total. The third-order valence-corrected chi connectivity index (χ3v) is 12.4. The molecule has 9 aromatic rings. The molecule has 0 atom stereocenters. The van der Waals surface area contributed by atoms with Gasteiger partial charge in [-0.2, -0.15) is 0 Å². The zero-order valence-electron chi connectivity index (χ0n) is 32.1. The minimum absolute atomic E-state index is 0.0985. The van der Waals surface area contributed by atoms with Crippen molar-refractivity contribution < 1.29 is 9.47 Å². The lowest BCUT2D eigenvalue weighted by molar-refractivity contribution is 0.465. The summed E-state index contributed by atoms with van der Waals surface area (Å²) in [5, 5.41) is 0. The molecule has 0 aromatic heterocycles. The van der Waals surface area contributed by atoms with Crippen molar-refractivity contribution in [2.45, 2.75) is 5.41 Å². The van der Waals surface area contributed by atoms with E-state index in [2.05, 4.69) is 223 Å². The Balaban J connectivity index is 1.08. The molecule has 9 aromatic carbocycles. The number of rotatable bonds is 5. The van der Waals surface area contributed by atoms with Crippen LogP contribution in [0.3, 0.4) is 0 Å². The molecule has 276 valence electrons. The van der Waals surface area contributed by atoms with E-state index in [0.29, 0.717) is 0 Å². The van der Waals surface area contributed by atoms with Gasteiger partial charge in [-0.15, -0.1) is 0 Å². The first kappa shape index (κ1) is 33.6. The van der Waals surface area contributed by atoms with Crippen molar-refractivity contribution in [1.82, 2.24) is 0 Å². The van der Waals surface area contributed by atoms with Crippen molar-refractivity contribution in [3.8, 4) is 45.3 Å². The predicted molar refractivity (Wildman–Crippen MR) is 242 cm³/mol. The maximum absolute atomic E-state index is 7.03. The van der Waals surface area contributed by atoms with Gasteiger partial charge in [-0.1, -0.05) is 182 Å². The lowest BCUT2D eigenvalue weighted by atomic mass is 9.34. The number of benzene rings is 9. The van der Waals surface area contributed by atoms with Crippen molar-refractivity contribution in [3.63, 3.8) is 0 Å². The van der Waals surface area contributed by atoms with Gasteiger partial charge in [0.25, 0.3) is 6.71 Å². The van der Waals surface area contributed by atoms with E-state index in [1.165, 1.54) is 33.4 Å². The molecule has 0 saturated carbocycles. The highest BCUT2D eigenvalue weighted by Gasteiger charge is 2.47. The monoisotopic (exact) mass is 753 g/mol. The van der Waals surface area contributed by atoms with Crippen LogP contribution < -0.4 is 30.8 Å². The van der Waals surface area contributed by atoms with E-state index in [-0.39, 0.29) is 6.71 Å². The Kier molecular flexibility index (Phi) is 7.54. The number of hydrogen-bond acceptors (Lipinski definition) is 3. The summed E-state index contributed by atoms with van der Waals surface area (Å²) in [5.41, 5.74) is 15.5. The van der Waals surface area contributed by atoms with Gasteiger partial charge in [-0.25, -0.2) is 0 Å². The number of anilines is 3. The van der Waals surface area contributed by atoms with Gasteiger partial charge in [-0.05, 0) is 79.7 Å². The number of ether oxygens (including phenoxy) is 2. The summed E-state index contributed by atoms with van der Waals surface area (Å²) in [6.45, 7) is -0.0985. The Labute approximate surface area is 344 Å². The fraction of sp³-hybridized carbons (Fsp3) is 0.0182. The van der Waals surface area contributed by atoms with E-state index in [9.17, 15) is 0 Å². The van der Waals surface area contributed by atoms with E-state index in [0.717, 1.165) is 67.6 Å². The van der Waals surface area contributed by atoms with Gasteiger partial charge in [0.1, 0.15) is 23.0 Å². The molecule has 3 aliphatic rings. The van der Waals surface area contributed by atoms with E-state index in [1.54, 1.807) is 0 Å². The lowest BCUT2D eigenvalue weighted by Crippen LogP contribution is -2.57. The fourth-order valence-electron chi connectivity index (χ4n) is 9.93. The summed E-state index contributed by atoms with van der Waals surface area (Å²) in [7, 11) is 0. The number of nitrogens with zero attached hydrogens (tertiary/aromatic N) is 1. The highest BCUT2D eigenvalue weighted by molar-refractivity contribution is 6.98. The van der Waals surface area contributed by atoms with Gasteiger partial charge >= 0.3 is 0 Å². The van der Waals surface area contributed by atoms with Crippen molar-refractivity contribution in [1.29, 1.82) is 0 Å². The molecule has 0 fully saturated rings. The van der Waals surface area contributed by atoms with Crippen LogP contribution in [0.4, 0.5) is 17.1 Å². The highest BCUT2D eigenvalue weighted by atomic mass is 16.5. The third-order valence-electron chi connectivity index (χ3n) is 12.4. The van der Waals surface area contributed by atoms with Crippen molar-refractivity contribution in [2.24, 2.45) is 0 Å². The predicted octanol–water partition coefficient (Wildman–Crippen LogP) is 11.9. The standard InChI is InChI=1S/C55H36BNO2/c1-5-17-37(18-6-1)39-29-31-50-46(33-39)56-47-34-40(38-19-7-2-8-20-38)30-32-51(47)59-53-36-43(35-52(58-50)54(53)56)57-48-27-15-13-25-44(48)55(41-21-9-3-10-22-41,42-23-11-4-12-24-42)45-26-14-16-28-49(45)57/h1-36H. The number of fused-ring (bicyclic) bond motifs is 6. The fourth-order valence-corrected chi connectivity index (χ4v) is 9.93. The molecule has 0 amide bonds. The Morgan fingerprint density at radius 1 is 0.356 bits per heavy atom. The Hall–Kier alpha value is -7.56. The zero-order valence-corrected chi connectivity index (χ0v) is 32.1. The molecule has 4 heteroatoms. The van der Waals surface area contributed by atoms with Crippen LogP contribution in [-0.2, 0) is 5.41 Å². The third kappa shape index (κ3) is 5.09. The summed E-state index contributed by atoms with van der Waals surface area (Å²) in [6.07, 6.45) is 0. The summed E-state index contributed by atoms with van der Waals surface area (Å²) in [4.78, 5) is 2.40. The van der Waals surface area contributed by atoms with Crippen LogP contribution in [0.5, 0.6) is 23.0 Å². The van der Waals surface area contributed by atoms with Crippen molar-refractivity contribution in [2.75, 3.05) is 4.90 Å². The SMILES string of the molecule is c1ccc(-c2ccc3c(c2)B2c4cc(-c5ccccc5)ccc4Oc4cc(N5c6ccccc6C(c6ccccc6)(c6ccccc6)c6ccccc65)cc(c42)O3)cc1. The van der Waals surface area contributed by atoms with Crippen LogP contribution in [0.1, 0.15) is 22.3 Å². The number of hydrogen-bond donors (Lipinski definition) is 0. The summed E-state index contributed by atoms with van der Waals surface area (Å²) in [6, 6.07) is 78.5. The van der Waals surface area contributed by atoms with Gasteiger partial charge < -0.3 is 14.4 Å². The molecule has 3 heterocycles. The van der Waals surface area contributed by atoms with Crippen molar-refractivity contribution in [3.05, 3.63) is 241 Å². The number of para-hydroxylation sites is 2. The average Bonchev–Trinajstić information content (AvgIpc) is 3.31. The molecule has 59 heavy (non-hydrogen) atoms. The van der Waals surface area contributed by atoms with Crippen molar-refractivity contribution >= 4 is 40.2 Å². The van der Waals surface area contributed by atoms with Crippen LogP contribution in [0, 0.1) is 0 Å². The Morgan fingerprint density at radius 3 is 1.22 bits per heavy atom. The molecule has 0 aliphatic carbocycles. The molecule has 0 spiro atoms. The van der Waals surface area contributed by atoms with Gasteiger partial charge in [0.2, 0.25) is 0 Å². The molecule has 0 bridgehead atoms. The molecule has 12 rings (SSSR count). The molecule has 0 unspecified atom stereocenters. The molecule has 0 N–H and O–H groups in total. The van der Waals surface area contributed by atoms with Crippen LogP contribution in [0.2, 0.25) is 0 Å². The highest BCUT2D eigenvalue weighted by Crippen LogP contribution is 2.58. The largest absolute Gasteiger partial charge is 0.458 e. The first-order chi connectivity index (χ1) is 29.3. The Morgan fingerprint density at radius 2 is 0.763 bits per heavy atom. The van der Waals surface area contributed by atoms with Gasteiger partial charge in [0, 0.05) is 17.6 Å². The zero-order chi connectivity index (χ0) is 38.9. The van der Waals surface area contributed by atoms with E-state index in [4.69, 9.17) is 9.47 Å². The smallest absolute Gasteiger partial charge is 0.260 e. The Bertz CT molecular complexity index is 2860. The van der Waals surface area contributed by atoms with Crippen LogP contribution in [0.25, 0.3) is 22.3 Å². The molecule has 0 radical (unpaired) electrons. The van der Waals surface area contributed by atoms with Crippen LogP contribution in [0.15, 0.2) is 218 Å². The first-order valence-corrected chi connectivity index (χ1v) is 20.3. The van der Waals surface area contributed by atoms with E-state index >= 15 is 0 Å². The van der Waals surface area contributed by atoms with Gasteiger partial charge in [0.05, 0.1) is 22.5 Å². The summed E-state index contributed by atoms with van der Waals surface area (Å²) < 4.78 is 14.1. The normalized spacial score (nSPS) is 13.8. The summed E-state index contributed by atoms with van der Waals surface area (Å²) in [5.74, 6) is 3.32. The van der Waals surface area contributed by atoms with Crippen LogP contribution in [-0.4, -0.2) is 6.71 Å². The second-order valence-corrected chi connectivity index (χ2v) is 15.6. The molecule has 0 saturated heterocycles. The molecular formula is C55H36BNO2. The second kappa shape index (κ2) is 13.3. The minimum Gasteiger partial charge on any atom is -0.458 e. The van der Waals surface area contributed by atoms with Gasteiger partial charge in [-0.3, -0.25) is 0 Å². The second-order valence-electron chi connectivity index (χ2n) is 15.6. The molecule has 3 aliphatic heterocycles. The quantitative estimate of drug-likeness (QED) is 0.163. The maximum Gasteiger partial charge on any atom is 0.260 e. The van der Waals surface area contributed by atoms with Crippen LogP contribution >= 0.6 is 0 Å². The average molecular weight is 754 g/mol. The lowest BCUT2D eigenvalue weighted by Gasteiger charge is -2.46. The maximum atomic E-state index is 7.03. The first-order valence-electron chi connectivity index (χ1n) is 20.3. The molecular weight excluding hydrogens is 717 g/mol. The minimum atomic E-state index is -0.558.